The molecule has 0 amide bonds. The van der Waals surface area contributed by atoms with Crippen LogP contribution in [-0.4, -0.2) is 24.6 Å². The number of rotatable bonds is 4. The second-order valence-corrected chi connectivity index (χ2v) is 6.62. The normalized spacial score (nSPS) is 23.4. The van der Waals surface area contributed by atoms with Crippen LogP contribution >= 0.6 is 0 Å². The fourth-order valence-electron chi connectivity index (χ4n) is 3.09. The van der Waals surface area contributed by atoms with Gasteiger partial charge in [0.15, 0.2) is 0 Å². The van der Waals surface area contributed by atoms with Crippen LogP contribution in [0.1, 0.15) is 57.7 Å². The zero-order chi connectivity index (χ0) is 14.7. The van der Waals surface area contributed by atoms with Crippen LogP contribution in [0.25, 0.3) is 0 Å². The maximum absolute atomic E-state index is 4.91. The van der Waals surface area contributed by atoms with Crippen molar-refractivity contribution in [2.75, 3.05) is 18.5 Å². The molecule has 0 aromatic carbocycles. The van der Waals surface area contributed by atoms with E-state index in [1.807, 2.05) is 7.05 Å². The molecule has 0 radical (unpaired) electrons. The van der Waals surface area contributed by atoms with Gasteiger partial charge in [-0.15, -0.1) is 0 Å². The van der Waals surface area contributed by atoms with Crippen molar-refractivity contribution < 1.29 is 0 Å². The average Bonchev–Trinajstić information content (AvgIpc) is 2.38. The third-order valence-corrected chi connectivity index (χ3v) is 4.30. The minimum absolute atomic E-state index is 0.476. The van der Waals surface area contributed by atoms with Gasteiger partial charge in [-0.1, -0.05) is 20.8 Å². The third-order valence-electron chi connectivity index (χ3n) is 4.30. The topological polar surface area (TPSA) is 28.2 Å². The summed E-state index contributed by atoms with van der Waals surface area (Å²) in [4.78, 5) is 7.40. The van der Waals surface area contributed by atoms with Gasteiger partial charge in [-0.05, 0) is 56.3 Å². The molecule has 1 aliphatic heterocycles. The summed E-state index contributed by atoms with van der Waals surface area (Å²) in [5.74, 6) is 2.48. The van der Waals surface area contributed by atoms with Crippen LogP contribution in [0.5, 0.6) is 0 Å². The molecule has 1 aromatic rings. The molecule has 0 saturated carbocycles. The first-order chi connectivity index (χ1) is 9.51. The van der Waals surface area contributed by atoms with Gasteiger partial charge in [0.2, 0.25) is 0 Å². The van der Waals surface area contributed by atoms with Gasteiger partial charge in [-0.2, -0.15) is 0 Å². The summed E-state index contributed by atoms with van der Waals surface area (Å²) in [5.41, 5.74) is 2.55. The summed E-state index contributed by atoms with van der Waals surface area (Å²) in [7, 11) is 2.00. The molecule has 112 valence electrons. The van der Waals surface area contributed by atoms with Crippen molar-refractivity contribution in [2.45, 2.75) is 59.0 Å². The minimum Gasteiger partial charge on any atom is -0.354 e. The standard InChI is InChI=1S/C17H29N3/c1-12(2)16-9-15(11-18-5)10-17(19-16)20-7-6-13(3)8-14(20)4/h9-10,12-14,18H,6-8,11H2,1-5H3. The number of piperidine rings is 1. The van der Waals surface area contributed by atoms with E-state index < -0.39 is 0 Å². The fraction of sp³-hybridized carbons (Fsp3) is 0.706. The molecule has 0 bridgehead atoms. The predicted octanol–water partition coefficient (Wildman–Crippen LogP) is 3.55. The molecule has 0 spiro atoms. The summed E-state index contributed by atoms with van der Waals surface area (Å²) in [6, 6.07) is 5.09. The van der Waals surface area contributed by atoms with Gasteiger partial charge in [-0.25, -0.2) is 4.98 Å². The average molecular weight is 275 g/mol. The number of pyridine rings is 1. The molecule has 2 heterocycles. The Bertz CT molecular complexity index is 442. The molecule has 1 aromatic heterocycles. The minimum atomic E-state index is 0.476. The van der Waals surface area contributed by atoms with E-state index in [1.54, 1.807) is 0 Å². The summed E-state index contributed by atoms with van der Waals surface area (Å²) >= 11 is 0. The molecule has 3 nitrogen and oxygen atoms in total. The third kappa shape index (κ3) is 3.51. The van der Waals surface area contributed by atoms with E-state index in [9.17, 15) is 0 Å². The Morgan fingerprint density at radius 1 is 1.35 bits per heavy atom. The van der Waals surface area contributed by atoms with E-state index in [0.717, 1.165) is 19.0 Å². The summed E-state index contributed by atoms with van der Waals surface area (Å²) in [6.45, 7) is 11.2. The number of hydrogen-bond donors (Lipinski definition) is 1. The van der Waals surface area contributed by atoms with Gasteiger partial charge in [-0.3, -0.25) is 0 Å². The molecule has 1 fully saturated rings. The Kier molecular flexibility index (Phi) is 5.03. The van der Waals surface area contributed by atoms with Crippen molar-refractivity contribution in [3.63, 3.8) is 0 Å². The van der Waals surface area contributed by atoms with E-state index in [0.29, 0.717) is 12.0 Å². The van der Waals surface area contributed by atoms with Gasteiger partial charge < -0.3 is 10.2 Å². The maximum atomic E-state index is 4.91. The number of nitrogens with one attached hydrogen (secondary N) is 1. The molecule has 2 rings (SSSR count). The van der Waals surface area contributed by atoms with Crippen LogP contribution in [0, 0.1) is 5.92 Å². The van der Waals surface area contributed by atoms with Gasteiger partial charge in [0.1, 0.15) is 5.82 Å². The highest BCUT2D eigenvalue weighted by molar-refractivity contribution is 5.44. The monoisotopic (exact) mass is 275 g/mol. The van der Waals surface area contributed by atoms with E-state index in [4.69, 9.17) is 4.98 Å². The van der Waals surface area contributed by atoms with Crippen molar-refractivity contribution in [2.24, 2.45) is 5.92 Å². The highest BCUT2D eigenvalue weighted by Crippen LogP contribution is 2.28. The molecule has 1 saturated heterocycles. The predicted molar refractivity (Wildman–Crippen MR) is 86.3 cm³/mol. The van der Waals surface area contributed by atoms with Crippen LogP contribution in [0.15, 0.2) is 12.1 Å². The molecule has 3 heteroatoms. The first-order valence-electron chi connectivity index (χ1n) is 7.93. The molecule has 2 unspecified atom stereocenters. The first kappa shape index (κ1) is 15.3. The Hall–Kier alpha value is -1.09. The van der Waals surface area contributed by atoms with E-state index in [2.05, 4.69) is 50.0 Å². The highest BCUT2D eigenvalue weighted by atomic mass is 15.2. The smallest absolute Gasteiger partial charge is 0.129 e. The second-order valence-electron chi connectivity index (χ2n) is 6.62. The SMILES string of the molecule is CNCc1cc(C(C)C)nc(N2CCC(C)CC2C)c1. The molecule has 1 N–H and O–H groups in total. The zero-order valence-electron chi connectivity index (χ0n) is 13.6. The zero-order valence-corrected chi connectivity index (χ0v) is 13.6. The van der Waals surface area contributed by atoms with E-state index in [1.165, 1.54) is 29.9 Å². The number of aromatic nitrogens is 1. The molecule has 2 atom stereocenters. The number of anilines is 1. The van der Waals surface area contributed by atoms with Crippen LogP contribution in [0.4, 0.5) is 5.82 Å². The molecule has 1 aliphatic rings. The van der Waals surface area contributed by atoms with Crippen LogP contribution in [-0.2, 0) is 6.54 Å². The molecule has 0 aliphatic carbocycles. The lowest BCUT2D eigenvalue weighted by Crippen LogP contribution is -2.41. The van der Waals surface area contributed by atoms with Crippen molar-refractivity contribution in [3.05, 3.63) is 23.4 Å². The van der Waals surface area contributed by atoms with E-state index >= 15 is 0 Å². The lowest BCUT2D eigenvalue weighted by atomic mass is 9.93. The van der Waals surface area contributed by atoms with E-state index in [-0.39, 0.29) is 0 Å². The summed E-state index contributed by atoms with van der Waals surface area (Å²) < 4.78 is 0. The Morgan fingerprint density at radius 2 is 2.10 bits per heavy atom. The molecular formula is C17H29N3. The van der Waals surface area contributed by atoms with Gasteiger partial charge >= 0.3 is 0 Å². The fourth-order valence-corrected chi connectivity index (χ4v) is 3.09. The Balaban J connectivity index is 2.29. The Morgan fingerprint density at radius 3 is 2.70 bits per heavy atom. The summed E-state index contributed by atoms with van der Waals surface area (Å²) in [6.07, 6.45) is 2.55. The van der Waals surface area contributed by atoms with Gasteiger partial charge in [0.05, 0.1) is 0 Å². The van der Waals surface area contributed by atoms with Gasteiger partial charge in [0, 0.05) is 24.8 Å². The largest absolute Gasteiger partial charge is 0.354 e. The van der Waals surface area contributed by atoms with Crippen LogP contribution in [0.3, 0.4) is 0 Å². The summed E-state index contributed by atoms with van der Waals surface area (Å²) in [5, 5.41) is 3.25. The quantitative estimate of drug-likeness (QED) is 0.911. The molecule has 20 heavy (non-hydrogen) atoms. The van der Waals surface area contributed by atoms with Crippen molar-refractivity contribution in [1.82, 2.24) is 10.3 Å². The second kappa shape index (κ2) is 6.57. The maximum Gasteiger partial charge on any atom is 0.129 e. The first-order valence-corrected chi connectivity index (χ1v) is 7.93. The lowest BCUT2D eigenvalue weighted by molar-refractivity contribution is 0.375. The van der Waals surface area contributed by atoms with Crippen molar-refractivity contribution in [3.8, 4) is 0 Å². The lowest BCUT2D eigenvalue weighted by Gasteiger charge is -2.38. The number of nitrogens with zero attached hydrogens (tertiary/aromatic N) is 2. The van der Waals surface area contributed by atoms with Crippen molar-refractivity contribution in [1.29, 1.82) is 0 Å². The number of hydrogen-bond acceptors (Lipinski definition) is 3. The highest BCUT2D eigenvalue weighted by Gasteiger charge is 2.24. The van der Waals surface area contributed by atoms with Crippen LogP contribution < -0.4 is 10.2 Å². The van der Waals surface area contributed by atoms with Crippen molar-refractivity contribution >= 4 is 5.82 Å². The Labute approximate surface area is 123 Å². The molecular weight excluding hydrogens is 246 g/mol. The van der Waals surface area contributed by atoms with Crippen LogP contribution in [0.2, 0.25) is 0 Å². The van der Waals surface area contributed by atoms with Gasteiger partial charge in [0.25, 0.3) is 0 Å².